The van der Waals surface area contributed by atoms with E-state index in [1.807, 2.05) is 6.92 Å². The molecule has 3 nitrogen and oxygen atoms in total. The number of esters is 1. The Morgan fingerprint density at radius 1 is 1.19 bits per heavy atom. The number of ether oxygens (including phenoxy) is 1. The lowest BCUT2D eigenvalue weighted by molar-refractivity contribution is -0.143. The van der Waals surface area contributed by atoms with Gasteiger partial charge in [-0.3, -0.25) is 4.79 Å². The maximum atomic E-state index is 11.2. The van der Waals surface area contributed by atoms with E-state index in [1.54, 1.807) is 0 Å². The van der Waals surface area contributed by atoms with Gasteiger partial charge in [0.05, 0.1) is 13.0 Å². The minimum Gasteiger partial charge on any atom is -0.466 e. The summed E-state index contributed by atoms with van der Waals surface area (Å²) in [6.45, 7) is 11.9. The zero-order chi connectivity index (χ0) is 12.4. The quantitative estimate of drug-likeness (QED) is 0.569. The van der Waals surface area contributed by atoms with E-state index in [-0.39, 0.29) is 5.97 Å². The summed E-state index contributed by atoms with van der Waals surface area (Å²) in [6.07, 6.45) is 2.95. The van der Waals surface area contributed by atoms with E-state index >= 15 is 0 Å². The second-order valence-electron chi connectivity index (χ2n) is 4.13. The highest BCUT2D eigenvalue weighted by Gasteiger charge is 2.11. The van der Waals surface area contributed by atoms with Crippen LogP contribution in [0.5, 0.6) is 0 Å². The van der Waals surface area contributed by atoms with Crippen LogP contribution in [0, 0.1) is 5.92 Å². The highest BCUT2D eigenvalue weighted by atomic mass is 16.5. The zero-order valence-electron chi connectivity index (χ0n) is 11.3. The van der Waals surface area contributed by atoms with E-state index < -0.39 is 0 Å². The third kappa shape index (κ3) is 6.83. The second-order valence-corrected chi connectivity index (χ2v) is 4.13. The normalized spacial score (nSPS) is 11.1. The molecule has 96 valence electrons. The first-order valence-corrected chi connectivity index (χ1v) is 6.55. The van der Waals surface area contributed by atoms with Crippen LogP contribution < -0.4 is 0 Å². The number of hydrogen-bond donors (Lipinski definition) is 0. The van der Waals surface area contributed by atoms with Crippen molar-refractivity contribution in [2.24, 2.45) is 5.92 Å². The first-order chi connectivity index (χ1) is 7.67. The van der Waals surface area contributed by atoms with Crippen molar-refractivity contribution in [2.45, 2.75) is 47.0 Å². The fraction of sp³-hybridized carbons (Fsp3) is 0.923. The van der Waals surface area contributed by atoms with E-state index in [1.165, 1.54) is 12.8 Å². The minimum atomic E-state index is -0.0782. The smallest absolute Gasteiger partial charge is 0.307 e. The van der Waals surface area contributed by atoms with Gasteiger partial charge in [-0.1, -0.05) is 33.6 Å². The van der Waals surface area contributed by atoms with Crippen LogP contribution in [0.4, 0.5) is 0 Å². The first kappa shape index (κ1) is 15.4. The van der Waals surface area contributed by atoms with Crippen molar-refractivity contribution in [2.75, 3.05) is 26.2 Å². The van der Waals surface area contributed by atoms with E-state index in [2.05, 4.69) is 25.7 Å². The molecule has 0 aromatic heterocycles. The predicted molar refractivity (Wildman–Crippen MR) is 67.4 cm³/mol. The lowest BCUT2D eigenvalue weighted by atomic mass is 10.0. The Balaban J connectivity index is 3.86. The Morgan fingerprint density at radius 3 is 2.25 bits per heavy atom. The van der Waals surface area contributed by atoms with E-state index in [4.69, 9.17) is 4.74 Å². The standard InChI is InChI=1S/C13H27NO2/c1-5-12(6-2)11-14(7-3)10-9-13(15)16-8-4/h12H,5-11H2,1-4H3. The monoisotopic (exact) mass is 229 g/mol. The lowest BCUT2D eigenvalue weighted by Crippen LogP contribution is -2.31. The van der Waals surface area contributed by atoms with Crippen LogP contribution >= 0.6 is 0 Å². The number of carbonyl (C=O) groups excluding carboxylic acids is 1. The molecule has 0 aliphatic carbocycles. The van der Waals surface area contributed by atoms with Crippen molar-refractivity contribution in [1.82, 2.24) is 4.90 Å². The fourth-order valence-electron chi connectivity index (χ4n) is 1.77. The van der Waals surface area contributed by atoms with Crippen molar-refractivity contribution >= 4 is 5.97 Å². The van der Waals surface area contributed by atoms with Crippen molar-refractivity contribution in [3.63, 3.8) is 0 Å². The second kappa shape index (κ2) is 9.64. The summed E-state index contributed by atoms with van der Waals surface area (Å²) in [4.78, 5) is 13.6. The Hall–Kier alpha value is -0.570. The SMILES string of the molecule is CCOC(=O)CCN(CC)CC(CC)CC. The van der Waals surface area contributed by atoms with Gasteiger partial charge >= 0.3 is 5.97 Å². The third-order valence-corrected chi connectivity index (χ3v) is 3.06. The summed E-state index contributed by atoms with van der Waals surface area (Å²) in [5.41, 5.74) is 0. The molecule has 0 aromatic rings. The van der Waals surface area contributed by atoms with Gasteiger partial charge in [0.25, 0.3) is 0 Å². The molecular formula is C13H27NO2. The Bertz CT molecular complexity index is 179. The highest BCUT2D eigenvalue weighted by molar-refractivity contribution is 5.69. The Kier molecular flexibility index (Phi) is 9.30. The summed E-state index contributed by atoms with van der Waals surface area (Å²) in [5.74, 6) is 0.674. The van der Waals surface area contributed by atoms with Crippen molar-refractivity contribution in [1.29, 1.82) is 0 Å². The average Bonchev–Trinajstić information content (AvgIpc) is 2.30. The van der Waals surface area contributed by atoms with E-state index in [9.17, 15) is 4.79 Å². The van der Waals surface area contributed by atoms with Crippen molar-refractivity contribution < 1.29 is 9.53 Å². The molecule has 0 unspecified atom stereocenters. The maximum absolute atomic E-state index is 11.2. The lowest BCUT2D eigenvalue weighted by Gasteiger charge is -2.24. The summed E-state index contributed by atoms with van der Waals surface area (Å²) in [5, 5.41) is 0. The highest BCUT2D eigenvalue weighted by Crippen LogP contribution is 2.10. The summed E-state index contributed by atoms with van der Waals surface area (Å²) < 4.78 is 4.93. The molecule has 0 radical (unpaired) electrons. The topological polar surface area (TPSA) is 29.5 Å². The van der Waals surface area contributed by atoms with Gasteiger partial charge in [0.15, 0.2) is 0 Å². The molecule has 0 aromatic carbocycles. The Morgan fingerprint density at radius 2 is 1.81 bits per heavy atom. The van der Waals surface area contributed by atoms with Gasteiger partial charge in [-0.2, -0.15) is 0 Å². The molecule has 0 fully saturated rings. The summed E-state index contributed by atoms with van der Waals surface area (Å²) in [6, 6.07) is 0. The molecule has 0 saturated carbocycles. The van der Waals surface area contributed by atoms with Gasteiger partial charge in [0, 0.05) is 13.1 Å². The number of hydrogen-bond acceptors (Lipinski definition) is 3. The Labute approximate surface area is 100 Å². The van der Waals surface area contributed by atoms with Crippen LogP contribution in [0.3, 0.4) is 0 Å². The van der Waals surface area contributed by atoms with Gasteiger partial charge < -0.3 is 9.64 Å². The van der Waals surface area contributed by atoms with Gasteiger partial charge in [-0.05, 0) is 19.4 Å². The van der Waals surface area contributed by atoms with E-state index in [0.717, 1.165) is 25.6 Å². The zero-order valence-corrected chi connectivity index (χ0v) is 11.3. The van der Waals surface area contributed by atoms with Crippen LogP contribution in [-0.2, 0) is 9.53 Å². The fourth-order valence-corrected chi connectivity index (χ4v) is 1.77. The molecule has 0 saturated heterocycles. The number of nitrogens with zero attached hydrogens (tertiary/aromatic N) is 1. The third-order valence-electron chi connectivity index (χ3n) is 3.06. The summed E-state index contributed by atoms with van der Waals surface area (Å²) in [7, 11) is 0. The van der Waals surface area contributed by atoms with Gasteiger partial charge in [0.2, 0.25) is 0 Å². The largest absolute Gasteiger partial charge is 0.466 e. The van der Waals surface area contributed by atoms with Crippen molar-refractivity contribution in [3.8, 4) is 0 Å². The number of carbonyl (C=O) groups is 1. The molecule has 3 heteroatoms. The first-order valence-electron chi connectivity index (χ1n) is 6.55. The molecule has 0 heterocycles. The molecule has 0 amide bonds. The maximum Gasteiger partial charge on any atom is 0.307 e. The molecule has 0 atom stereocenters. The predicted octanol–water partition coefficient (Wildman–Crippen LogP) is 2.70. The van der Waals surface area contributed by atoms with Crippen LogP contribution in [-0.4, -0.2) is 37.1 Å². The van der Waals surface area contributed by atoms with Gasteiger partial charge in [0.1, 0.15) is 0 Å². The van der Waals surface area contributed by atoms with Crippen LogP contribution in [0.15, 0.2) is 0 Å². The average molecular weight is 229 g/mol. The van der Waals surface area contributed by atoms with E-state index in [0.29, 0.717) is 13.0 Å². The van der Waals surface area contributed by atoms with Crippen molar-refractivity contribution in [3.05, 3.63) is 0 Å². The molecule has 0 N–H and O–H groups in total. The van der Waals surface area contributed by atoms with Crippen LogP contribution in [0.25, 0.3) is 0 Å². The molecular weight excluding hydrogens is 202 g/mol. The summed E-state index contributed by atoms with van der Waals surface area (Å²) >= 11 is 0. The molecule has 16 heavy (non-hydrogen) atoms. The van der Waals surface area contributed by atoms with Crippen LogP contribution in [0.2, 0.25) is 0 Å². The molecule has 0 aliphatic rings. The van der Waals surface area contributed by atoms with Crippen LogP contribution in [0.1, 0.15) is 47.0 Å². The molecule has 0 bridgehead atoms. The number of rotatable bonds is 9. The van der Waals surface area contributed by atoms with Gasteiger partial charge in [-0.25, -0.2) is 0 Å². The molecule has 0 spiro atoms. The molecule has 0 aliphatic heterocycles. The van der Waals surface area contributed by atoms with Gasteiger partial charge in [-0.15, -0.1) is 0 Å². The molecule has 0 rings (SSSR count). The minimum absolute atomic E-state index is 0.0782.